The second-order valence-corrected chi connectivity index (χ2v) is 5.32. The van der Waals surface area contributed by atoms with Crippen LogP contribution in [-0.2, 0) is 0 Å². The van der Waals surface area contributed by atoms with Crippen molar-refractivity contribution in [3.05, 3.63) is 0 Å². The molecule has 0 aliphatic heterocycles. The Labute approximate surface area is 89.5 Å². The molecule has 0 bridgehead atoms. The highest BCUT2D eigenvalue weighted by Crippen LogP contribution is 2.41. The van der Waals surface area contributed by atoms with Gasteiger partial charge in [0.05, 0.1) is 0 Å². The first-order valence-corrected chi connectivity index (χ1v) is 6.44. The van der Waals surface area contributed by atoms with Crippen molar-refractivity contribution in [2.24, 2.45) is 11.1 Å². The van der Waals surface area contributed by atoms with E-state index in [4.69, 9.17) is 5.73 Å². The summed E-state index contributed by atoms with van der Waals surface area (Å²) in [7, 11) is 0. The molecule has 0 aromatic heterocycles. The quantitative estimate of drug-likeness (QED) is 0.643. The molecule has 84 valence electrons. The molecule has 1 aliphatic carbocycles. The SMILES string of the molecule is CCCCCCC(N)C1(C)CCCC1. The van der Waals surface area contributed by atoms with Crippen molar-refractivity contribution in [3.63, 3.8) is 0 Å². The van der Waals surface area contributed by atoms with E-state index in [1.165, 1.54) is 57.8 Å². The van der Waals surface area contributed by atoms with E-state index in [0.29, 0.717) is 11.5 Å². The molecule has 0 amide bonds. The van der Waals surface area contributed by atoms with Crippen molar-refractivity contribution in [1.29, 1.82) is 0 Å². The Morgan fingerprint density at radius 2 is 1.79 bits per heavy atom. The van der Waals surface area contributed by atoms with E-state index >= 15 is 0 Å². The lowest BCUT2D eigenvalue weighted by atomic mass is 9.79. The topological polar surface area (TPSA) is 26.0 Å². The van der Waals surface area contributed by atoms with Crippen LogP contribution in [0.4, 0.5) is 0 Å². The smallest absolute Gasteiger partial charge is 0.00929 e. The molecule has 2 N–H and O–H groups in total. The van der Waals surface area contributed by atoms with Crippen molar-refractivity contribution in [1.82, 2.24) is 0 Å². The van der Waals surface area contributed by atoms with E-state index in [9.17, 15) is 0 Å². The number of unbranched alkanes of at least 4 members (excludes halogenated alkanes) is 3. The fourth-order valence-corrected chi connectivity index (χ4v) is 2.69. The second-order valence-electron chi connectivity index (χ2n) is 5.32. The summed E-state index contributed by atoms with van der Waals surface area (Å²) in [4.78, 5) is 0. The lowest BCUT2D eigenvalue weighted by Crippen LogP contribution is -2.37. The number of hydrogen-bond acceptors (Lipinski definition) is 1. The fourth-order valence-electron chi connectivity index (χ4n) is 2.69. The summed E-state index contributed by atoms with van der Waals surface area (Å²) in [6, 6.07) is 0.460. The summed E-state index contributed by atoms with van der Waals surface area (Å²) in [6.45, 7) is 4.66. The van der Waals surface area contributed by atoms with Crippen molar-refractivity contribution in [2.75, 3.05) is 0 Å². The van der Waals surface area contributed by atoms with Crippen molar-refractivity contribution in [2.45, 2.75) is 77.7 Å². The van der Waals surface area contributed by atoms with Crippen LogP contribution in [0.25, 0.3) is 0 Å². The van der Waals surface area contributed by atoms with Gasteiger partial charge in [0.1, 0.15) is 0 Å². The van der Waals surface area contributed by atoms with E-state index in [2.05, 4.69) is 13.8 Å². The monoisotopic (exact) mass is 197 g/mol. The van der Waals surface area contributed by atoms with Gasteiger partial charge in [-0.3, -0.25) is 0 Å². The molecule has 0 radical (unpaired) electrons. The van der Waals surface area contributed by atoms with Crippen LogP contribution in [0.5, 0.6) is 0 Å². The van der Waals surface area contributed by atoms with Crippen molar-refractivity contribution < 1.29 is 0 Å². The molecule has 1 atom stereocenters. The van der Waals surface area contributed by atoms with Crippen LogP contribution < -0.4 is 5.73 Å². The first kappa shape index (κ1) is 12.0. The highest BCUT2D eigenvalue weighted by Gasteiger charge is 2.33. The van der Waals surface area contributed by atoms with Gasteiger partial charge < -0.3 is 5.73 Å². The first-order valence-electron chi connectivity index (χ1n) is 6.44. The molecule has 1 unspecified atom stereocenters. The molecule has 0 spiro atoms. The molecule has 0 heterocycles. The maximum absolute atomic E-state index is 6.30. The molecule has 14 heavy (non-hydrogen) atoms. The standard InChI is InChI=1S/C13H27N/c1-3-4-5-6-9-12(14)13(2)10-7-8-11-13/h12H,3-11,14H2,1-2H3. The first-order chi connectivity index (χ1) is 6.69. The lowest BCUT2D eigenvalue weighted by Gasteiger charge is -2.31. The van der Waals surface area contributed by atoms with E-state index in [0.717, 1.165) is 0 Å². The molecular weight excluding hydrogens is 170 g/mol. The zero-order valence-corrected chi connectivity index (χ0v) is 10.0. The second kappa shape index (κ2) is 5.75. The Kier molecular flexibility index (Phi) is 4.94. The van der Waals surface area contributed by atoms with Crippen molar-refractivity contribution in [3.8, 4) is 0 Å². The van der Waals surface area contributed by atoms with Crippen LogP contribution in [0.1, 0.15) is 71.6 Å². The molecule has 1 rings (SSSR count). The molecule has 1 heteroatoms. The average molecular weight is 197 g/mol. The third-order valence-corrected chi connectivity index (χ3v) is 4.01. The predicted octanol–water partition coefficient (Wildman–Crippen LogP) is 3.86. The Morgan fingerprint density at radius 3 is 2.36 bits per heavy atom. The number of hydrogen-bond donors (Lipinski definition) is 1. The van der Waals surface area contributed by atoms with Gasteiger partial charge in [0.25, 0.3) is 0 Å². The van der Waals surface area contributed by atoms with Crippen LogP contribution in [-0.4, -0.2) is 6.04 Å². The van der Waals surface area contributed by atoms with Gasteiger partial charge in [0, 0.05) is 6.04 Å². The summed E-state index contributed by atoms with van der Waals surface area (Å²) in [5.41, 5.74) is 6.77. The van der Waals surface area contributed by atoms with Gasteiger partial charge >= 0.3 is 0 Å². The van der Waals surface area contributed by atoms with E-state index in [1.54, 1.807) is 0 Å². The van der Waals surface area contributed by atoms with Gasteiger partial charge in [-0.1, -0.05) is 52.4 Å². The molecule has 0 aromatic rings. The fraction of sp³-hybridized carbons (Fsp3) is 1.00. The molecule has 1 saturated carbocycles. The Bertz CT molecular complexity index is 147. The van der Waals surface area contributed by atoms with Crippen LogP contribution in [0.3, 0.4) is 0 Å². The largest absolute Gasteiger partial charge is 0.327 e. The molecule has 0 aromatic carbocycles. The maximum Gasteiger partial charge on any atom is 0.00929 e. The minimum absolute atomic E-state index is 0.460. The van der Waals surface area contributed by atoms with Crippen LogP contribution in [0, 0.1) is 5.41 Å². The predicted molar refractivity (Wildman–Crippen MR) is 63.3 cm³/mol. The van der Waals surface area contributed by atoms with Crippen LogP contribution >= 0.6 is 0 Å². The summed E-state index contributed by atoms with van der Waals surface area (Å²) >= 11 is 0. The van der Waals surface area contributed by atoms with Crippen LogP contribution in [0.15, 0.2) is 0 Å². The lowest BCUT2D eigenvalue weighted by molar-refractivity contribution is 0.246. The molecule has 0 saturated heterocycles. The number of nitrogens with two attached hydrogens (primary N) is 1. The minimum atomic E-state index is 0.460. The Morgan fingerprint density at radius 1 is 1.14 bits per heavy atom. The normalized spacial score (nSPS) is 22.5. The Hall–Kier alpha value is -0.0400. The maximum atomic E-state index is 6.30. The Balaban J connectivity index is 2.16. The molecule has 1 aliphatic rings. The summed E-state index contributed by atoms with van der Waals surface area (Å²) < 4.78 is 0. The highest BCUT2D eigenvalue weighted by molar-refractivity contribution is 4.89. The van der Waals surface area contributed by atoms with Gasteiger partial charge in [-0.15, -0.1) is 0 Å². The molecular formula is C13H27N. The van der Waals surface area contributed by atoms with E-state index in [-0.39, 0.29) is 0 Å². The minimum Gasteiger partial charge on any atom is -0.327 e. The number of rotatable bonds is 6. The third-order valence-electron chi connectivity index (χ3n) is 4.01. The summed E-state index contributed by atoms with van der Waals surface area (Å²) in [5.74, 6) is 0. The van der Waals surface area contributed by atoms with E-state index in [1.807, 2.05) is 0 Å². The highest BCUT2D eigenvalue weighted by atomic mass is 14.7. The van der Waals surface area contributed by atoms with Gasteiger partial charge in [-0.05, 0) is 24.7 Å². The third kappa shape index (κ3) is 3.27. The van der Waals surface area contributed by atoms with Gasteiger partial charge in [-0.25, -0.2) is 0 Å². The summed E-state index contributed by atoms with van der Waals surface area (Å²) in [6.07, 6.45) is 12.2. The zero-order chi connectivity index (χ0) is 10.4. The van der Waals surface area contributed by atoms with Crippen LogP contribution in [0.2, 0.25) is 0 Å². The average Bonchev–Trinajstić information content (AvgIpc) is 2.61. The molecule has 1 nitrogen and oxygen atoms in total. The molecule has 1 fully saturated rings. The zero-order valence-electron chi connectivity index (χ0n) is 10.0. The summed E-state index contributed by atoms with van der Waals surface area (Å²) in [5, 5.41) is 0. The van der Waals surface area contributed by atoms with E-state index < -0.39 is 0 Å². The van der Waals surface area contributed by atoms with Gasteiger partial charge in [0.15, 0.2) is 0 Å². The van der Waals surface area contributed by atoms with Gasteiger partial charge in [0.2, 0.25) is 0 Å². The van der Waals surface area contributed by atoms with Crippen molar-refractivity contribution >= 4 is 0 Å². The van der Waals surface area contributed by atoms with Gasteiger partial charge in [-0.2, -0.15) is 0 Å².